The fourth-order valence-corrected chi connectivity index (χ4v) is 4.26. The molecule has 0 spiro atoms. The summed E-state index contributed by atoms with van der Waals surface area (Å²) in [5, 5.41) is 0. The Hall–Kier alpha value is -4.91. The van der Waals surface area contributed by atoms with Gasteiger partial charge in [0, 0.05) is 12.1 Å². The Kier molecular flexibility index (Phi) is 7.68. The number of hydrogen-bond donors (Lipinski definition) is 0. The summed E-state index contributed by atoms with van der Waals surface area (Å²) in [6, 6.07) is 26.5. The topological polar surface area (TPSA) is 72.5 Å². The molecule has 7 heteroatoms. The molecule has 1 heterocycles. The van der Waals surface area contributed by atoms with E-state index in [-0.39, 0.29) is 18.1 Å². The molecular formula is C32H28O7. The predicted molar refractivity (Wildman–Crippen MR) is 147 cm³/mol. The van der Waals surface area contributed by atoms with Gasteiger partial charge in [0.25, 0.3) is 0 Å². The van der Waals surface area contributed by atoms with Crippen LogP contribution in [0.4, 0.5) is 0 Å². The third kappa shape index (κ3) is 5.67. The second-order valence-electron chi connectivity index (χ2n) is 8.74. The molecule has 0 N–H and O–H groups in total. The molecule has 0 saturated heterocycles. The Morgan fingerprint density at radius 1 is 0.692 bits per heavy atom. The van der Waals surface area contributed by atoms with Gasteiger partial charge in [-0.25, -0.2) is 0 Å². The number of carbonyl (C=O) groups is 1. The van der Waals surface area contributed by atoms with Crippen LogP contribution < -0.4 is 28.4 Å². The fraction of sp³-hybridized carbons (Fsp3) is 0.156. The van der Waals surface area contributed by atoms with Crippen LogP contribution in [0.3, 0.4) is 0 Å². The number of ketones is 1. The van der Waals surface area contributed by atoms with Gasteiger partial charge < -0.3 is 28.4 Å². The molecule has 0 radical (unpaired) electrons. The first-order valence-corrected chi connectivity index (χ1v) is 12.4. The molecule has 1 aliphatic heterocycles. The molecule has 0 amide bonds. The van der Waals surface area contributed by atoms with Crippen LogP contribution in [0.2, 0.25) is 0 Å². The first kappa shape index (κ1) is 25.7. The van der Waals surface area contributed by atoms with Crippen LogP contribution in [-0.2, 0) is 13.2 Å². The maximum atomic E-state index is 13.6. The molecule has 0 saturated carbocycles. The van der Waals surface area contributed by atoms with Crippen molar-refractivity contribution in [1.82, 2.24) is 0 Å². The third-order valence-corrected chi connectivity index (χ3v) is 6.18. The van der Waals surface area contributed by atoms with E-state index in [1.54, 1.807) is 30.3 Å². The number of Topliss-reactive ketones (excluding diaryl/α,β-unsaturated/α-hetero) is 1. The Morgan fingerprint density at radius 3 is 1.85 bits per heavy atom. The van der Waals surface area contributed by atoms with Crippen molar-refractivity contribution in [2.45, 2.75) is 13.2 Å². The maximum Gasteiger partial charge on any atom is 0.235 e. The van der Waals surface area contributed by atoms with Crippen molar-refractivity contribution in [1.29, 1.82) is 0 Å². The fourth-order valence-electron chi connectivity index (χ4n) is 4.26. The molecule has 0 bridgehead atoms. The SMILES string of the molecule is COc1cc(/C=C2\Oc3cc(OCc4ccccc4)cc(OCc4ccccc4)c3C2=O)cc(OC)c1OC. The van der Waals surface area contributed by atoms with E-state index in [0.29, 0.717) is 52.2 Å². The van der Waals surface area contributed by atoms with Gasteiger partial charge in [-0.2, -0.15) is 0 Å². The van der Waals surface area contributed by atoms with Crippen molar-refractivity contribution in [2.75, 3.05) is 21.3 Å². The number of rotatable bonds is 10. The lowest BCUT2D eigenvalue weighted by molar-refractivity contribution is 0.101. The Bertz CT molecular complexity index is 1470. The first-order chi connectivity index (χ1) is 19.1. The third-order valence-electron chi connectivity index (χ3n) is 6.18. The highest BCUT2D eigenvalue weighted by Crippen LogP contribution is 2.43. The standard InChI is InChI=1S/C32H28O7/c1-34-28-15-23(16-29(35-2)32(28)36-3)14-27-31(33)30-25(38-20-22-12-8-5-9-13-22)17-24(18-26(30)39-27)37-19-21-10-6-4-7-11-21/h4-18H,19-20H2,1-3H3/b27-14-. The molecule has 0 fully saturated rings. The molecule has 4 aromatic rings. The minimum Gasteiger partial charge on any atom is -0.493 e. The van der Waals surface area contributed by atoms with Crippen LogP contribution in [0, 0.1) is 0 Å². The van der Waals surface area contributed by atoms with Crippen molar-refractivity contribution in [3.8, 4) is 34.5 Å². The van der Waals surface area contributed by atoms with Gasteiger partial charge in [-0.3, -0.25) is 4.79 Å². The van der Waals surface area contributed by atoms with E-state index >= 15 is 0 Å². The van der Waals surface area contributed by atoms with E-state index in [0.717, 1.165) is 11.1 Å². The Labute approximate surface area is 227 Å². The summed E-state index contributed by atoms with van der Waals surface area (Å²) < 4.78 is 34.5. The van der Waals surface area contributed by atoms with Crippen molar-refractivity contribution < 1.29 is 33.2 Å². The molecule has 0 unspecified atom stereocenters. The lowest BCUT2D eigenvalue weighted by atomic mass is 10.1. The van der Waals surface area contributed by atoms with Gasteiger partial charge in [0.1, 0.15) is 36.0 Å². The number of carbonyl (C=O) groups excluding carboxylic acids is 1. The van der Waals surface area contributed by atoms with Crippen molar-refractivity contribution in [2.24, 2.45) is 0 Å². The average molecular weight is 525 g/mol. The average Bonchev–Trinajstić information content (AvgIpc) is 3.29. The summed E-state index contributed by atoms with van der Waals surface area (Å²) in [5.74, 6) is 2.53. The molecule has 1 aliphatic rings. The van der Waals surface area contributed by atoms with Crippen molar-refractivity contribution in [3.63, 3.8) is 0 Å². The van der Waals surface area contributed by atoms with Crippen molar-refractivity contribution >= 4 is 11.9 Å². The summed E-state index contributed by atoms with van der Waals surface area (Å²) in [5.41, 5.74) is 2.98. The molecule has 0 aromatic heterocycles. The summed E-state index contributed by atoms with van der Waals surface area (Å²) in [6.07, 6.45) is 1.64. The summed E-state index contributed by atoms with van der Waals surface area (Å²) in [7, 11) is 4.61. The van der Waals surface area contributed by atoms with Crippen LogP contribution in [0.1, 0.15) is 27.0 Å². The first-order valence-electron chi connectivity index (χ1n) is 12.4. The van der Waals surface area contributed by atoms with Crippen LogP contribution in [0.5, 0.6) is 34.5 Å². The second-order valence-corrected chi connectivity index (χ2v) is 8.74. The van der Waals surface area contributed by atoms with E-state index in [2.05, 4.69) is 0 Å². The Morgan fingerprint density at radius 2 is 1.28 bits per heavy atom. The second kappa shape index (κ2) is 11.6. The highest BCUT2D eigenvalue weighted by atomic mass is 16.5. The zero-order valence-electron chi connectivity index (χ0n) is 21.9. The summed E-state index contributed by atoms with van der Waals surface area (Å²) in [6.45, 7) is 0.647. The van der Waals surface area contributed by atoms with Crippen LogP contribution in [0.25, 0.3) is 6.08 Å². The van der Waals surface area contributed by atoms with E-state index in [4.69, 9.17) is 28.4 Å². The predicted octanol–water partition coefficient (Wildman–Crippen LogP) is 6.49. The molecule has 5 rings (SSSR count). The summed E-state index contributed by atoms with van der Waals surface area (Å²) in [4.78, 5) is 13.6. The van der Waals surface area contributed by atoms with Crippen LogP contribution >= 0.6 is 0 Å². The highest BCUT2D eigenvalue weighted by Gasteiger charge is 2.32. The van der Waals surface area contributed by atoms with Gasteiger partial charge in [0.2, 0.25) is 11.5 Å². The minimum absolute atomic E-state index is 0.143. The monoisotopic (exact) mass is 524 g/mol. The molecular weight excluding hydrogens is 496 g/mol. The van der Waals surface area contributed by atoms with Gasteiger partial charge in [-0.1, -0.05) is 60.7 Å². The molecule has 198 valence electrons. The summed E-state index contributed by atoms with van der Waals surface area (Å²) >= 11 is 0. The number of allylic oxidation sites excluding steroid dienone is 1. The number of ether oxygens (including phenoxy) is 6. The van der Waals surface area contributed by atoms with E-state index in [9.17, 15) is 4.79 Å². The lowest BCUT2D eigenvalue weighted by Crippen LogP contribution is -2.03. The van der Waals surface area contributed by atoms with E-state index in [1.807, 2.05) is 60.7 Å². The number of fused-ring (bicyclic) bond motifs is 1. The normalized spacial score (nSPS) is 13.0. The lowest BCUT2D eigenvalue weighted by Gasteiger charge is -2.13. The molecule has 0 atom stereocenters. The zero-order chi connectivity index (χ0) is 27.2. The quantitative estimate of drug-likeness (QED) is 0.220. The largest absolute Gasteiger partial charge is 0.493 e. The van der Waals surface area contributed by atoms with Gasteiger partial charge in [0.05, 0.1) is 21.3 Å². The van der Waals surface area contributed by atoms with Gasteiger partial charge in [-0.15, -0.1) is 0 Å². The van der Waals surface area contributed by atoms with Gasteiger partial charge in [0.15, 0.2) is 17.3 Å². The number of benzene rings is 4. The van der Waals surface area contributed by atoms with Gasteiger partial charge >= 0.3 is 0 Å². The van der Waals surface area contributed by atoms with Crippen LogP contribution in [-0.4, -0.2) is 27.1 Å². The molecule has 7 nitrogen and oxygen atoms in total. The van der Waals surface area contributed by atoms with Gasteiger partial charge in [-0.05, 0) is 34.9 Å². The minimum atomic E-state index is -0.295. The highest BCUT2D eigenvalue weighted by molar-refractivity contribution is 6.16. The van der Waals surface area contributed by atoms with Crippen LogP contribution in [0.15, 0.2) is 90.7 Å². The number of methoxy groups -OCH3 is 3. The smallest absolute Gasteiger partial charge is 0.235 e. The van der Waals surface area contributed by atoms with E-state index < -0.39 is 0 Å². The Balaban J connectivity index is 1.48. The van der Waals surface area contributed by atoms with E-state index in [1.165, 1.54) is 21.3 Å². The molecule has 4 aromatic carbocycles. The zero-order valence-corrected chi connectivity index (χ0v) is 21.9. The van der Waals surface area contributed by atoms with Crippen molar-refractivity contribution in [3.05, 3.63) is 113 Å². The maximum absolute atomic E-state index is 13.6. The molecule has 39 heavy (non-hydrogen) atoms. The molecule has 0 aliphatic carbocycles. The number of hydrogen-bond acceptors (Lipinski definition) is 7.